The minimum absolute atomic E-state index is 0.0218. The molecular formula is C17H19Cl2NO2. The maximum Gasteiger partial charge on any atom is 0.159 e. The van der Waals surface area contributed by atoms with Crippen LogP contribution in [0.2, 0.25) is 10.0 Å². The zero-order valence-corrected chi connectivity index (χ0v) is 14.0. The molecule has 1 atom stereocenters. The van der Waals surface area contributed by atoms with E-state index in [1.807, 2.05) is 0 Å². The molecule has 0 amide bonds. The zero-order valence-electron chi connectivity index (χ0n) is 12.5. The molecule has 3 rings (SSSR count). The van der Waals surface area contributed by atoms with Gasteiger partial charge in [-0.15, -0.1) is 0 Å². The molecule has 0 radical (unpaired) electrons. The summed E-state index contributed by atoms with van der Waals surface area (Å²) in [5, 5.41) is 10.4. The van der Waals surface area contributed by atoms with Gasteiger partial charge in [0.1, 0.15) is 5.02 Å². The van der Waals surface area contributed by atoms with E-state index >= 15 is 0 Å². The fraction of sp³-hybridized carbons (Fsp3) is 0.471. The smallest absolute Gasteiger partial charge is 0.159 e. The first-order chi connectivity index (χ1) is 10.4. The van der Waals surface area contributed by atoms with Crippen molar-refractivity contribution in [3.05, 3.63) is 27.2 Å². The highest BCUT2D eigenvalue weighted by atomic mass is 35.5. The van der Waals surface area contributed by atoms with Crippen molar-refractivity contribution in [2.75, 3.05) is 5.73 Å². The van der Waals surface area contributed by atoms with Gasteiger partial charge < -0.3 is 10.8 Å². The molecule has 1 unspecified atom stereocenters. The number of carbonyl (C=O) groups excluding carboxylic acids is 1. The first-order valence-electron chi connectivity index (χ1n) is 7.65. The van der Waals surface area contributed by atoms with Crippen molar-refractivity contribution in [1.82, 2.24) is 0 Å². The molecule has 5 heteroatoms. The van der Waals surface area contributed by atoms with Gasteiger partial charge in [0.05, 0.1) is 10.7 Å². The lowest BCUT2D eigenvalue weighted by molar-refractivity contribution is -0.115. The Morgan fingerprint density at radius 3 is 2.64 bits per heavy atom. The van der Waals surface area contributed by atoms with Gasteiger partial charge in [-0.3, -0.25) is 4.79 Å². The Balaban J connectivity index is 2.30. The number of rotatable bonds is 2. The summed E-state index contributed by atoms with van der Waals surface area (Å²) < 4.78 is 0. The molecule has 3 N–H and O–H groups in total. The molecule has 0 spiro atoms. The van der Waals surface area contributed by atoms with Crippen molar-refractivity contribution < 1.29 is 9.90 Å². The Hall–Kier alpha value is -1.19. The second-order valence-electron chi connectivity index (χ2n) is 6.30. The monoisotopic (exact) mass is 339 g/mol. The minimum atomic E-state index is -0.156. The average molecular weight is 340 g/mol. The highest BCUT2D eigenvalue weighted by Crippen LogP contribution is 2.57. The molecule has 0 saturated carbocycles. The fourth-order valence-electron chi connectivity index (χ4n) is 3.99. The maximum atomic E-state index is 12.0. The number of fused-ring (bicyclic) bond motifs is 3. The SMILES string of the molecule is CCCC12CCC(=O)C=C1c1c(Cl)c(Cl)c(O)c(N)c1CC2. The second-order valence-corrected chi connectivity index (χ2v) is 7.05. The number of hydrogen-bond acceptors (Lipinski definition) is 3. The summed E-state index contributed by atoms with van der Waals surface area (Å²) in [6.07, 6.45) is 6.87. The van der Waals surface area contributed by atoms with Crippen LogP contribution in [-0.2, 0) is 11.2 Å². The van der Waals surface area contributed by atoms with E-state index in [-0.39, 0.29) is 27.7 Å². The second kappa shape index (κ2) is 5.47. The lowest BCUT2D eigenvalue weighted by atomic mass is 9.60. The van der Waals surface area contributed by atoms with Crippen molar-refractivity contribution in [2.45, 2.75) is 45.4 Å². The normalized spacial score (nSPS) is 23.8. The summed E-state index contributed by atoms with van der Waals surface area (Å²) in [6.45, 7) is 2.15. The molecule has 0 bridgehead atoms. The standard InChI is InChI=1S/C17H19Cl2NO2/c1-2-5-17-6-3-9(21)8-11(17)12-10(4-7-17)15(20)16(22)14(19)13(12)18/h8,22H,2-7,20H2,1H3. The molecule has 22 heavy (non-hydrogen) atoms. The van der Waals surface area contributed by atoms with Gasteiger partial charge in [0.15, 0.2) is 11.5 Å². The number of phenolic OH excluding ortho intramolecular Hbond substituents is 1. The van der Waals surface area contributed by atoms with E-state index < -0.39 is 0 Å². The van der Waals surface area contributed by atoms with Gasteiger partial charge in [-0.05, 0) is 48.3 Å². The van der Waals surface area contributed by atoms with Crippen molar-refractivity contribution in [3.8, 4) is 5.75 Å². The molecule has 1 aromatic carbocycles. The van der Waals surface area contributed by atoms with Gasteiger partial charge >= 0.3 is 0 Å². The fourth-order valence-corrected chi connectivity index (χ4v) is 4.49. The number of allylic oxidation sites excluding steroid dienone is 2. The van der Waals surface area contributed by atoms with E-state index in [9.17, 15) is 9.90 Å². The molecule has 1 aromatic rings. The highest BCUT2D eigenvalue weighted by molar-refractivity contribution is 6.44. The van der Waals surface area contributed by atoms with Gasteiger partial charge in [-0.25, -0.2) is 0 Å². The van der Waals surface area contributed by atoms with Crippen molar-refractivity contribution in [2.24, 2.45) is 5.41 Å². The number of phenols is 1. The third kappa shape index (κ3) is 2.14. The number of aromatic hydroxyl groups is 1. The lowest BCUT2D eigenvalue weighted by Crippen LogP contribution is -2.32. The predicted octanol–water partition coefficient (Wildman–Crippen LogP) is 4.76. The number of nitrogens with two attached hydrogens (primary N) is 1. The van der Waals surface area contributed by atoms with Crippen LogP contribution in [-0.4, -0.2) is 10.9 Å². The van der Waals surface area contributed by atoms with Crippen molar-refractivity contribution in [3.63, 3.8) is 0 Å². The number of carbonyl (C=O) groups is 1. The molecule has 0 heterocycles. The molecule has 0 saturated heterocycles. The predicted molar refractivity (Wildman–Crippen MR) is 90.4 cm³/mol. The summed E-state index contributed by atoms with van der Waals surface area (Å²) in [5.41, 5.74) is 8.86. The van der Waals surface area contributed by atoms with Gasteiger partial charge in [0.2, 0.25) is 0 Å². The summed E-state index contributed by atoms with van der Waals surface area (Å²) in [5.74, 6) is -0.0374. The van der Waals surface area contributed by atoms with Crippen LogP contribution in [0, 0.1) is 5.41 Å². The van der Waals surface area contributed by atoms with Crippen LogP contribution in [0.4, 0.5) is 5.69 Å². The highest BCUT2D eigenvalue weighted by Gasteiger charge is 2.43. The Morgan fingerprint density at radius 2 is 1.95 bits per heavy atom. The van der Waals surface area contributed by atoms with Crippen LogP contribution < -0.4 is 5.73 Å². The molecule has 2 aliphatic rings. The van der Waals surface area contributed by atoms with Gasteiger partial charge in [0.25, 0.3) is 0 Å². The van der Waals surface area contributed by atoms with Crippen LogP contribution in [0.3, 0.4) is 0 Å². The first-order valence-corrected chi connectivity index (χ1v) is 8.40. The van der Waals surface area contributed by atoms with Crippen LogP contribution in [0.1, 0.15) is 50.2 Å². The molecule has 0 aliphatic heterocycles. The third-order valence-electron chi connectivity index (χ3n) is 5.08. The quantitative estimate of drug-likeness (QED) is 0.603. The summed E-state index contributed by atoms with van der Waals surface area (Å²) in [4.78, 5) is 12.0. The molecule has 3 nitrogen and oxygen atoms in total. The van der Waals surface area contributed by atoms with Gasteiger partial charge in [-0.1, -0.05) is 36.5 Å². The Labute approximate surface area is 140 Å². The molecule has 0 fully saturated rings. The molecule has 0 aromatic heterocycles. The average Bonchev–Trinajstić information content (AvgIpc) is 2.50. The van der Waals surface area contributed by atoms with Gasteiger partial charge in [-0.2, -0.15) is 0 Å². The number of benzene rings is 1. The summed E-state index contributed by atoms with van der Waals surface area (Å²) >= 11 is 12.6. The Morgan fingerprint density at radius 1 is 1.27 bits per heavy atom. The summed E-state index contributed by atoms with van der Waals surface area (Å²) in [7, 11) is 0. The third-order valence-corrected chi connectivity index (χ3v) is 5.92. The van der Waals surface area contributed by atoms with Crippen LogP contribution in [0.15, 0.2) is 6.08 Å². The lowest BCUT2D eigenvalue weighted by Gasteiger charge is -2.43. The van der Waals surface area contributed by atoms with E-state index in [0.717, 1.165) is 48.8 Å². The van der Waals surface area contributed by atoms with E-state index in [4.69, 9.17) is 28.9 Å². The van der Waals surface area contributed by atoms with E-state index in [0.29, 0.717) is 11.4 Å². The van der Waals surface area contributed by atoms with E-state index in [1.165, 1.54) is 0 Å². The first kappa shape index (κ1) is 15.7. The molecular weight excluding hydrogens is 321 g/mol. The number of halogens is 2. The van der Waals surface area contributed by atoms with Crippen LogP contribution in [0.5, 0.6) is 5.75 Å². The minimum Gasteiger partial charge on any atom is -0.504 e. The topological polar surface area (TPSA) is 63.3 Å². The largest absolute Gasteiger partial charge is 0.504 e. The number of ketones is 1. The van der Waals surface area contributed by atoms with Crippen molar-refractivity contribution in [1.29, 1.82) is 0 Å². The Kier molecular flexibility index (Phi) is 3.90. The summed E-state index contributed by atoms with van der Waals surface area (Å²) in [6, 6.07) is 0. The Bertz CT molecular complexity index is 697. The van der Waals surface area contributed by atoms with E-state index in [1.54, 1.807) is 6.08 Å². The number of hydrogen-bond donors (Lipinski definition) is 2. The van der Waals surface area contributed by atoms with Gasteiger partial charge in [0, 0.05) is 12.0 Å². The number of anilines is 1. The maximum absolute atomic E-state index is 12.0. The van der Waals surface area contributed by atoms with Crippen molar-refractivity contribution >= 4 is 40.2 Å². The molecule has 2 aliphatic carbocycles. The zero-order chi connectivity index (χ0) is 16.1. The number of nitrogen functional groups attached to an aromatic ring is 1. The van der Waals surface area contributed by atoms with Crippen LogP contribution >= 0.6 is 23.2 Å². The van der Waals surface area contributed by atoms with Crippen LogP contribution in [0.25, 0.3) is 5.57 Å². The van der Waals surface area contributed by atoms with E-state index in [2.05, 4.69) is 6.92 Å². The molecule has 118 valence electrons.